The molecule has 2 N–H and O–H groups in total. The van der Waals surface area contributed by atoms with Crippen LogP contribution in [0.1, 0.15) is 25.8 Å². The summed E-state index contributed by atoms with van der Waals surface area (Å²) in [4.78, 5) is 11.4. The number of aliphatic hydroxyl groups excluding tert-OH is 1. The highest BCUT2D eigenvalue weighted by molar-refractivity contribution is 5.68. The molecule has 1 radical (unpaired) electrons. The zero-order chi connectivity index (χ0) is 12.7. The lowest BCUT2D eigenvalue weighted by Gasteiger charge is -2.18. The average Bonchev–Trinajstić information content (AvgIpc) is 2.34. The van der Waals surface area contributed by atoms with Crippen LogP contribution >= 0.6 is 0 Å². The summed E-state index contributed by atoms with van der Waals surface area (Å²) in [7, 11) is 0. The van der Waals surface area contributed by atoms with Gasteiger partial charge in [-0.25, -0.2) is 4.79 Å². The number of ether oxygens (including phenoxy) is 1. The summed E-state index contributed by atoms with van der Waals surface area (Å²) in [5.74, 6) is 0. The zero-order valence-corrected chi connectivity index (χ0v) is 10.1. The number of amides is 1. The van der Waals surface area contributed by atoms with E-state index in [9.17, 15) is 9.90 Å². The van der Waals surface area contributed by atoms with Crippen LogP contribution in [0.15, 0.2) is 30.3 Å². The number of carbonyl (C=O) groups excluding carboxylic acids is 1. The van der Waals surface area contributed by atoms with Crippen molar-refractivity contribution in [1.82, 2.24) is 5.32 Å². The third-order valence-electron chi connectivity index (χ3n) is 2.36. The Kier molecular flexibility index (Phi) is 5.49. The van der Waals surface area contributed by atoms with Gasteiger partial charge < -0.3 is 15.2 Å². The maximum absolute atomic E-state index is 11.4. The Balaban J connectivity index is 2.35. The highest BCUT2D eigenvalue weighted by atomic mass is 16.5. The van der Waals surface area contributed by atoms with Crippen LogP contribution in [0.4, 0.5) is 4.79 Å². The summed E-state index contributed by atoms with van der Waals surface area (Å²) in [6.45, 7) is 3.69. The van der Waals surface area contributed by atoms with Crippen LogP contribution in [0.3, 0.4) is 0 Å². The number of hydrogen-bond acceptors (Lipinski definition) is 3. The van der Waals surface area contributed by atoms with Gasteiger partial charge >= 0.3 is 6.09 Å². The predicted octanol–water partition coefficient (Wildman–Crippen LogP) is 2.24. The van der Waals surface area contributed by atoms with E-state index in [-0.39, 0.29) is 6.61 Å². The van der Waals surface area contributed by atoms with Gasteiger partial charge in [0, 0.05) is 0 Å². The van der Waals surface area contributed by atoms with E-state index in [4.69, 9.17) is 4.74 Å². The first-order chi connectivity index (χ1) is 8.13. The molecule has 0 aliphatic heterocycles. The van der Waals surface area contributed by atoms with Crippen LogP contribution in [-0.2, 0) is 11.3 Å². The van der Waals surface area contributed by atoms with Gasteiger partial charge in [-0.05, 0) is 18.9 Å². The molecule has 0 aromatic heterocycles. The lowest BCUT2D eigenvalue weighted by Crippen LogP contribution is -2.34. The van der Waals surface area contributed by atoms with E-state index >= 15 is 0 Å². The second kappa shape index (κ2) is 6.91. The number of nitrogens with one attached hydrogen (secondary N) is 1. The Morgan fingerprint density at radius 1 is 1.41 bits per heavy atom. The van der Waals surface area contributed by atoms with E-state index < -0.39 is 12.2 Å². The molecule has 1 atom stereocenters. The van der Waals surface area contributed by atoms with Crippen LogP contribution in [0.25, 0.3) is 0 Å². The van der Waals surface area contributed by atoms with Crippen molar-refractivity contribution in [3.8, 4) is 0 Å². The van der Waals surface area contributed by atoms with E-state index in [1.807, 2.05) is 37.3 Å². The Morgan fingerprint density at radius 3 is 2.59 bits per heavy atom. The fourth-order valence-electron chi connectivity index (χ4n) is 1.38. The molecule has 0 bridgehead atoms. The van der Waals surface area contributed by atoms with Crippen molar-refractivity contribution in [1.29, 1.82) is 0 Å². The summed E-state index contributed by atoms with van der Waals surface area (Å²) in [6, 6.07) is 9.99. The highest BCUT2D eigenvalue weighted by Crippen LogP contribution is 2.08. The van der Waals surface area contributed by atoms with Gasteiger partial charge in [-0.1, -0.05) is 37.3 Å². The maximum Gasteiger partial charge on any atom is 0.408 e. The molecular formula is C13H18NO3. The molecule has 1 unspecified atom stereocenters. The van der Waals surface area contributed by atoms with Gasteiger partial charge in [0.2, 0.25) is 0 Å². The monoisotopic (exact) mass is 236 g/mol. The predicted molar refractivity (Wildman–Crippen MR) is 65.0 cm³/mol. The number of aliphatic hydroxyl groups is 1. The van der Waals surface area contributed by atoms with E-state index in [0.29, 0.717) is 12.5 Å². The zero-order valence-electron chi connectivity index (χ0n) is 10.1. The molecule has 0 saturated carbocycles. The van der Waals surface area contributed by atoms with E-state index in [0.717, 1.165) is 5.56 Å². The van der Waals surface area contributed by atoms with Gasteiger partial charge in [-0.3, -0.25) is 0 Å². The van der Waals surface area contributed by atoms with Crippen molar-refractivity contribution < 1.29 is 14.6 Å². The Labute approximate surface area is 102 Å². The quantitative estimate of drug-likeness (QED) is 0.824. The SMILES string of the molecule is CC[C](NC(=O)OCc1ccccc1)C(C)O. The molecule has 0 aliphatic carbocycles. The van der Waals surface area contributed by atoms with Gasteiger partial charge in [-0.15, -0.1) is 0 Å². The Hall–Kier alpha value is -1.55. The van der Waals surface area contributed by atoms with Gasteiger partial charge in [0.15, 0.2) is 0 Å². The minimum Gasteiger partial charge on any atom is -0.445 e. The maximum atomic E-state index is 11.4. The minimum atomic E-state index is -0.663. The van der Waals surface area contributed by atoms with Crippen LogP contribution in [0.5, 0.6) is 0 Å². The van der Waals surface area contributed by atoms with E-state index in [1.54, 1.807) is 6.92 Å². The van der Waals surface area contributed by atoms with Crippen molar-refractivity contribution in [3.05, 3.63) is 41.9 Å². The molecule has 1 aromatic carbocycles. The first kappa shape index (κ1) is 13.5. The number of hydrogen-bond donors (Lipinski definition) is 2. The number of alkyl carbamates (subject to hydrolysis) is 1. The van der Waals surface area contributed by atoms with Gasteiger partial charge in [0.1, 0.15) is 6.61 Å². The number of rotatable bonds is 5. The van der Waals surface area contributed by atoms with Gasteiger partial charge in [0.05, 0.1) is 12.1 Å². The average molecular weight is 236 g/mol. The van der Waals surface area contributed by atoms with Gasteiger partial charge in [0.25, 0.3) is 0 Å². The molecule has 1 aromatic rings. The van der Waals surface area contributed by atoms with Crippen molar-refractivity contribution in [2.24, 2.45) is 0 Å². The molecule has 0 aliphatic rings. The molecule has 4 heteroatoms. The lowest BCUT2D eigenvalue weighted by atomic mass is 10.1. The molecule has 1 amide bonds. The molecule has 0 saturated heterocycles. The minimum absolute atomic E-state index is 0.226. The normalized spacial score (nSPS) is 12.2. The molecular weight excluding hydrogens is 218 g/mol. The summed E-state index contributed by atoms with van der Waals surface area (Å²) in [5, 5.41) is 11.9. The van der Waals surface area contributed by atoms with Crippen molar-refractivity contribution in [3.63, 3.8) is 0 Å². The molecule has 17 heavy (non-hydrogen) atoms. The Morgan fingerprint density at radius 2 is 2.06 bits per heavy atom. The van der Waals surface area contributed by atoms with E-state index in [2.05, 4.69) is 5.32 Å². The standard InChI is InChI=1S/C13H18NO3/c1-3-12(10(2)15)14-13(16)17-9-11-7-5-4-6-8-11/h4-8,10,15H,3,9H2,1-2H3,(H,14,16). The summed E-state index contributed by atoms with van der Waals surface area (Å²) < 4.78 is 5.03. The molecule has 4 nitrogen and oxygen atoms in total. The van der Waals surface area contributed by atoms with E-state index in [1.165, 1.54) is 0 Å². The second-order valence-electron chi connectivity index (χ2n) is 3.74. The third-order valence-corrected chi connectivity index (χ3v) is 2.36. The topological polar surface area (TPSA) is 58.6 Å². The summed E-state index contributed by atoms with van der Waals surface area (Å²) in [5.41, 5.74) is 0.928. The molecule has 0 spiro atoms. The molecule has 1 rings (SSSR count). The van der Waals surface area contributed by atoms with Crippen molar-refractivity contribution in [2.75, 3.05) is 0 Å². The first-order valence-corrected chi connectivity index (χ1v) is 5.65. The number of carbonyl (C=O) groups is 1. The van der Waals surface area contributed by atoms with Gasteiger partial charge in [-0.2, -0.15) is 0 Å². The van der Waals surface area contributed by atoms with Crippen LogP contribution in [-0.4, -0.2) is 17.3 Å². The second-order valence-corrected chi connectivity index (χ2v) is 3.74. The smallest absolute Gasteiger partial charge is 0.408 e. The van der Waals surface area contributed by atoms with Crippen LogP contribution in [0.2, 0.25) is 0 Å². The molecule has 93 valence electrons. The largest absolute Gasteiger partial charge is 0.445 e. The lowest BCUT2D eigenvalue weighted by molar-refractivity contribution is 0.129. The number of benzene rings is 1. The fourth-order valence-corrected chi connectivity index (χ4v) is 1.38. The first-order valence-electron chi connectivity index (χ1n) is 5.65. The highest BCUT2D eigenvalue weighted by Gasteiger charge is 2.17. The van der Waals surface area contributed by atoms with Crippen LogP contribution in [0, 0.1) is 6.04 Å². The summed E-state index contributed by atoms with van der Waals surface area (Å²) in [6.07, 6.45) is -0.617. The molecule has 0 heterocycles. The molecule has 0 fully saturated rings. The van der Waals surface area contributed by atoms with Crippen molar-refractivity contribution >= 4 is 6.09 Å². The van der Waals surface area contributed by atoms with Crippen molar-refractivity contribution in [2.45, 2.75) is 33.0 Å². The fraction of sp³-hybridized carbons (Fsp3) is 0.385. The Bertz CT molecular complexity index is 338. The van der Waals surface area contributed by atoms with Crippen LogP contribution < -0.4 is 5.32 Å². The summed E-state index contributed by atoms with van der Waals surface area (Å²) >= 11 is 0. The third kappa shape index (κ3) is 4.87.